The Balaban J connectivity index is 2.36. The number of nitrogens with one attached hydrogen (secondary N) is 1. The van der Waals surface area contributed by atoms with Crippen molar-refractivity contribution in [3.63, 3.8) is 0 Å². The number of anilines is 2. The van der Waals surface area contributed by atoms with Crippen LogP contribution in [0.5, 0.6) is 0 Å². The summed E-state index contributed by atoms with van der Waals surface area (Å²) >= 11 is 0. The SMILES string of the molecule is CCOC(=O)c1cnc(C)nc1Nc1cccc(C(C)(C)C)c1. The Morgan fingerprint density at radius 2 is 2.04 bits per heavy atom. The molecule has 5 heteroatoms. The van der Waals surface area contributed by atoms with E-state index in [1.807, 2.05) is 12.1 Å². The highest BCUT2D eigenvalue weighted by molar-refractivity contribution is 5.95. The van der Waals surface area contributed by atoms with E-state index in [0.29, 0.717) is 23.8 Å². The number of esters is 1. The van der Waals surface area contributed by atoms with Crippen LogP contribution >= 0.6 is 0 Å². The maximum absolute atomic E-state index is 12.1. The first-order chi connectivity index (χ1) is 10.8. The summed E-state index contributed by atoms with van der Waals surface area (Å²) in [4.78, 5) is 20.5. The van der Waals surface area contributed by atoms with Crippen LogP contribution in [0.4, 0.5) is 11.5 Å². The van der Waals surface area contributed by atoms with Gasteiger partial charge in [0.2, 0.25) is 0 Å². The molecule has 5 nitrogen and oxygen atoms in total. The van der Waals surface area contributed by atoms with E-state index in [0.717, 1.165) is 5.69 Å². The van der Waals surface area contributed by atoms with Gasteiger partial charge in [-0.05, 0) is 37.0 Å². The lowest BCUT2D eigenvalue weighted by atomic mass is 9.87. The van der Waals surface area contributed by atoms with E-state index in [9.17, 15) is 4.79 Å². The average molecular weight is 313 g/mol. The van der Waals surface area contributed by atoms with Crippen LogP contribution in [0.25, 0.3) is 0 Å². The molecule has 0 unspecified atom stereocenters. The predicted octanol–water partition coefficient (Wildman–Crippen LogP) is 4.00. The van der Waals surface area contributed by atoms with Crippen molar-refractivity contribution >= 4 is 17.5 Å². The number of hydrogen-bond acceptors (Lipinski definition) is 5. The van der Waals surface area contributed by atoms with Crippen molar-refractivity contribution in [3.05, 3.63) is 47.4 Å². The maximum Gasteiger partial charge on any atom is 0.343 e. The highest BCUT2D eigenvalue weighted by Gasteiger charge is 2.17. The average Bonchev–Trinajstić information content (AvgIpc) is 2.47. The Labute approximate surface area is 137 Å². The van der Waals surface area contributed by atoms with Gasteiger partial charge in [0.1, 0.15) is 17.2 Å². The summed E-state index contributed by atoms with van der Waals surface area (Å²) in [6.45, 7) is 10.3. The summed E-state index contributed by atoms with van der Waals surface area (Å²) in [5, 5.41) is 3.21. The molecule has 0 aliphatic carbocycles. The van der Waals surface area contributed by atoms with E-state index in [1.54, 1.807) is 13.8 Å². The van der Waals surface area contributed by atoms with E-state index >= 15 is 0 Å². The van der Waals surface area contributed by atoms with Crippen molar-refractivity contribution in [2.75, 3.05) is 11.9 Å². The maximum atomic E-state index is 12.1. The monoisotopic (exact) mass is 313 g/mol. The van der Waals surface area contributed by atoms with Crippen molar-refractivity contribution in [3.8, 4) is 0 Å². The molecule has 0 bridgehead atoms. The fourth-order valence-electron chi connectivity index (χ4n) is 2.12. The largest absolute Gasteiger partial charge is 0.462 e. The van der Waals surface area contributed by atoms with Crippen molar-refractivity contribution in [2.45, 2.75) is 40.0 Å². The van der Waals surface area contributed by atoms with Gasteiger partial charge in [-0.1, -0.05) is 32.9 Å². The van der Waals surface area contributed by atoms with Crippen LogP contribution in [0.3, 0.4) is 0 Å². The lowest BCUT2D eigenvalue weighted by molar-refractivity contribution is 0.0526. The number of rotatable bonds is 4. The first-order valence-electron chi connectivity index (χ1n) is 7.69. The third-order valence-corrected chi connectivity index (χ3v) is 3.40. The highest BCUT2D eigenvalue weighted by Crippen LogP contribution is 2.26. The Kier molecular flexibility index (Phi) is 4.98. The van der Waals surface area contributed by atoms with Crippen LogP contribution in [0.15, 0.2) is 30.5 Å². The molecule has 0 spiro atoms. The molecule has 2 aromatic rings. The van der Waals surface area contributed by atoms with Crippen LogP contribution in [0.2, 0.25) is 0 Å². The standard InChI is InChI=1S/C18H23N3O2/c1-6-23-17(22)15-11-19-12(2)20-16(15)21-14-9-7-8-13(10-14)18(3,4)5/h7-11H,6H2,1-5H3,(H,19,20,21). The zero-order valence-electron chi connectivity index (χ0n) is 14.3. The van der Waals surface area contributed by atoms with Crippen molar-refractivity contribution in [1.29, 1.82) is 0 Å². The number of aromatic nitrogens is 2. The summed E-state index contributed by atoms with van der Waals surface area (Å²) in [7, 11) is 0. The second kappa shape index (κ2) is 6.77. The molecule has 0 radical (unpaired) electrons. The van der Waals surface area contributed by atoms with Crippen LogP contribution in [-0.2, 0) is 10.2 Å². The molecule has 0 amide bonds. The van der Waals surface area contributed by atoms with Gasteiger partial charge in [0, 0.05) is 11.9 Å². The molecule has 0 aliphatic heterocycles. The normalized spacial score (nSPS) is 11.2. The minimum absolute atomic E-state index is 0.0449. The first-order valence-corrected chi connectivity index (χ1v) is 7.69. The number of hydrogen-bond donors (Lipinski definition) is 1. The molecule has 2 rings (SSSR count). The Morgan fingerprint density at radius 3 is 2.70 bits per heavy atom. The quantitative estimate of drug-likeness (QED) is 0.864. The molecule has 23 heavy (non-hydrogen) atoms. The summed E-state index contributed by atoms with van der Waals surface area (Å²) in [6, 6.07) is 8.08. The van der Waals surface area contributed by atoms with Crippen LogP contribution in [0.1, 0.15) is 49.4 Å². The van der Waals surface area contributed by atoms with Gasteiger partial charge in [-0.3, -0.25) is 0 Å². The number of carbonyl (C=O) groups excluding carboxylic acids is 1. The third-order valence-electron chi connectivity index (χ3n) is 3.40. The smallest absolute Gasteiger partial charge is 0.343 e. The molecule has 0 aliphatic rings. The molecule has 0 saturated carbocycles. The zero-order valence-corrected chi connectivity index (χ0v) is 14.3. The zero-order chi connectivity index (χ0) is 17.0. The van der Waals surface area contributed by atoms with Gasteiger partial charge >= 0.3 is 5.97 Å². The number of benzene rings is 1. The van der Waals surface area contributed by atoms with Crippen molar-refractivity contribution < 1.29 is 9.53 Å². The number of carbonyl (C=O) groups is 1. The lowest BCUT2D eigenvalue weighted by Crippen LogP contribution is -2.13. The van der Waals surface area contributed by atoms with Gasteiger partial charge in [-0.25, -0.2) is 14.8 Å². The Bertz CT molecular complexity index is 706. The Morgan fingerprint density at radius 1 is 1.30 bits per heavy atom. The summed E-state index contributed by atoms with van der Waals surface area (Å²) in [5.41, 5.74) is 2.45. The molecule has 1 N–H and O–H groups in total. The van der Waals surface area contributed by atoms with E-state index in [-0.39, 0.29) is 5.41 Å². The summed E-state index contributed by atoms with van der Waals surface area (Å²) < 4.78 is 5.07. The predicted molar refractivity (Wildman–Crippen MR) is 91.2 cm³/mol. The fourth-order valence-corrected chi connectivity index (χ4v) is 2.12. The molecule has 1 aromatic heterocycles. The van der Waals surface area contributed by atoms with Crippen molar-refractivity contribution in [2.24, 2.45) is 0 Å². The number of ether oxygens (including phenoxy) is 1. The molecular formula is C18H23N3O2. The van der Waals surface area contributed by atoms with Gasteiger partial charge in [0.05, 0.1) is 6.61 Å². The second-order valence-electron chi connectivity index (χ2n) is 6.36. The van der Waals surface area contributed by atoms with E-state index in [1.165, 1.54) is 11.8 Å². The topological polar surface area (TPSA) is 64.1 Å². The van der Waals surface area contributed by atoms with Crippen LogP contribution in [0, 0.1) is 6.92 Å². The Hall–Kier alpha value is -2.43. The second-order valence-corrected chi connectivity index (χ2v) is 6.36. The van der Waals surface area contributed by atoms with E-state index in [2.05, 4.69) is 48.2 Å². The van der Waals surface area contributed by atoms with E-state index < -0.39 is 5.97 Å². The fraction of sp³-hybridized carbons (Fsp3) is 0.389. The molecular weight excluding hydrogens is 290 g/mol. The molecule has 0 fully saturated rings. The first kappa shape index (κ1) is 16.9. The summed E-state index contributed by atoms with van der Waals surface area (Å²) in [6.07, 6.45) is 1.50. The van der Waals surface area contributed by atoms with Crippen molar-refractivity contribution in [1.82, 2.24) is 9.97 Å². The third kappa shape index (κ3) is 4.28. The van der Waals surface area contributed by atoms with Crippen LogP contribution in [-0.4, -0.2) is 22.5 Å². The summed E-state index contributed by atoms with van der Waals surface area (Å²) in [5.74, 6) is 0.622. The van der Waals surface area contributed by atoms with Gasteiger partial charge in [0.15, 0.2) is 0 Å². The van der Waals surface area contributed by atoms with Gasteiger partial charge < -0.3 is 10.1 Å². The molecule has 1 heterocycles. The highest BCUT2D eigenvalue weighted by atomic mass is 16.5. The van der Waals surface area contributed by atoms with Gasteiger partial charge in [0.25, 0.3) is 0 Å². The van der Waals surface area contributed by atoms with Crippen LogP contribution < -0.4 is 5.32 Å². The number of aryl methyl sites for hydroxylation is 1. The lowest BCUT2D eigenvalue weighted by Gasteiger charge is -2.20. The minimum Gasteiger partial charge on any atom is -0.462 e. The minimum atomic E-state index is -0.429. The molecule has 1 aromatic carbocycles. The van der Waals surface area contributed by atoms with Gasteiger partial charge in [-0.2, -0.15) is 0 Å². The van der Waals surface area contributed by atoms with E-state index in [4.69, 9.17) is 4.74 Å². The molecule has 122 valence electrons. The van der Waals surface area contributed by atoms with Gasteiger partial charge in [-0.15, -0.1) is 0 Å². The molecule has 0 atom stereocenters. The number of nitrogens with zero attached hydrogens (tertiary/aromatic N) is 2. The molecule has 0 saturated heterocycles.